The number of amides is 1. The molecule has 0 fully saturated rings. The lowest BCUT2D eigenvalue weighted by molar-refractivity contribution is -0.114. The molecule has 0 aliphatic carbocycles. The van der Waals surface area contributed by atoms with Crippen LogP contribution in [0.3, 0.4) is 0 Å². The van der Waals surface area contributed by atoms with Crippen LogP contribution in [0.15, 0.2) is 77.7 Å². The van der Waals surface area contributed by atoms with Crippen molar-refractivity contribution >= 4 is 38.9 Å². The summed E-state index contributed by atoms with van der Waals surface area (Å²) >= 11 is 5.84. The second-order valence-electron chi connectivity index (χ2n) is 6.34. The fraction of sp³-hybridized carbons (Fsp3) is 0.0952. The number of aryl methyl sites for hydroxylation is 1. The van der Waals surface area contributed by atoms with E-state index in [-0.39, 0.29) is 15.6 Å². The molecule has 3 aromatic rings. The number of hydrogen-bond acceptors (Lipinski definition) is 3. The first-order valence-electron chi connectivity index (χ1n) is 8.67. The van der Waals surface area contributed by atoms with Gasteiger partial charge in [0.25, 0.3) is 10.0 Å². The van der Waals surface area contributed by atoms with Crippen LogP contribution in [0.25, 0.3) is 0 Å². The van der Waals surface area contributed by atoms with E-state index in [1.807, 2.05) is 19.1 Å². The van der Waals surface area contributed by atoms with Gasteiger partial charge in [-0.25, -0.2) is 12.8 Å². The van der Waals surface area contributed by atoms with Crippen molar-refractivity contribution in [2.45, 2.75) is 11.8 Å². The Bertz CT molecular complexity index is 1120. The highest BCUT2D eigenvalue weighted by molar-refractivity contribution is 7.92. The Morgan fingerprint density at radius 2 is 1.69 bits per heavy atom. The largest absolute Gasteiger partial charge is 0.325 e. The van der Waals surface area contributed by atoms with Crippen molar-refractivity contribution in [3.63, 3.8) is 0 Å². The molecule has 0 saturated heterocycles. The minimum absolute atomic E-state index is 0.00332. The van der Waals surface area contributed by atoms with Crippen molar-refractivity contribution in [3.8, 4) is 0 Å². The molecular formula is C21H18ClFN2O3S. The molecule has 0 aliphatic rings. The smallest absolute Gasteiger partial charge is 0.264 e. The number of halogens is 2. The fourth-order valence-electron chi connectivity index (χ4n) is 2.64. The second kappa shape index (κ2) is 8.63. The molecule has 0 aliphatic heterocycles. The van der Waals surface area contributed by atoms with E-state index in [0.717, 1.165) is 15.9 Å². The lowest BCUT2D eigenvalue weighted by Crippen LogP contribution is -2.38. The highest BCUT2D eigenvalue weighted by Gasteiger charge is 2.27. The first-order valence-corrected chi connectivity index (χ1v) is 10.5. The van der Waals surface area contributed by atoms with Gasteiger partial charge >= 0.3 is 0 Å². The predicted molar refractivity (Wildman–Crippen MR) is 112 cm³/mol. The highest BCUT2D eigenvalue weighted by atomic mass is 35.5. The van der Waals surface area contributed by atoms with Crippen LogP contribution in [0.2, 0.25) is 5.02 Å². The summed E-state index contributed by atoms with van der Waals surface area (Å²) in [6.45, 7) is 1.41. The number of nitrogens with one attached hydrogen (secondary N) is 1. The van der Waals surface area contributed by atoms with E-state index in [0.29, 0.717) is 5.69 Å². The Balaban J connectivity index is 1.95. The van der Waals surface area contributed by atoms with Gasteiger partial charge in [-0.2, -0.15) is 0 Å². The van der Waals surface area contributed by atoms with E-state index in [2.05, 4.69) is 5.32 Å². The fourth-order valence-corrected chi connectivity index (χ4v) is 4.25. The second-order valence-corrected chi connectivity index (χ2v) is 8.61. The number of sulfonamides is 1. The maximum atomic E-state index is 13.6. The molecule has 0 radical (unpaired) electrons. The van der Waals surface area contributed by atoms with Gasteiger partial charge in [-0.1, -0.05) is 47.5 Å². The number of benzene rings is 3. The zero-order valence-corrected chi connectivity index (χ0v) is 17.0. The summed E-state index contributed by atoms with van der Waals surface area (Å²) < 4.78 is 40.8. The number of hydrogen-bond donors (Lipinski definition) is 1. The first-order chi connectivity index (χ1) is 13.8. The van der Waals surface area contributed by atoms with Crippen molar-refractivity contribution < 1.29 is 17.6 Å². The van der Waals surface area contributed by atoms with Crippen molar-refractivity contribution in [1.82, 2.24) is 0 Å². The van der Waals surface area contributed by atoms with E-state index < -0.39 is 28.3 Å². The summed E-state index contributed by atoms with van der Waals surface area (Å²) in [7, 11) is -4.09. The number of carbonyl (C=O) groups is 1. The number of rotatable bonds is 6. The standard InChI is InChI=1S/C21H18ClFN2O3S/c1-15-7-9-16(10-8-15)24-21(26)14-25(17-11-12-20(23)19(22)13-17)29(27,28)18-5-3-2-4-6-18/h2-13H,14H2,1H3,(H,24,26). The van der Waals surface area contributed by atoms with Crippen LogP contribution in [-0.4, -0.2) is 20.9 Å². The molecule has 0 spiro atoms. The first kappa shape index (κ1) is 20.8. The van der Waals surface area contributed by atoms with E-state index in [9.17, 15) is 17.6 Å². The third kappa shape index (κ3) is 4.93. The summed E-state index contributed by atoms with van der Waals surface area (Å²) in [4.78, 5) is 12.6. The van der Waals surface area contributed by atoms with Crippen LogP contribution >= 0.6 is 11.6 Å². The highest BCUT2D eigenvalue weighted by Crippen LogP contribution is 2.27. The Kier molecular flexibility index (Phi) is 6.20. The Hall–Kier alpha value is -2.90. The van der Waals surface area contributed by atoms with Crippen LogP contribution in [0.1, 0.15) is 5.56 Å². The maximum Gasteiger partial charge on any atom is 0.264 e. The third-order valence-electron chi connectivity index (χ3n) is 4.14. The Labute approximate surface area is 173 Å². The zero-order valence-electron chi connectivity index (χ0n) is 15.5. The van der Waals surface area contributed by atoms with Crippen LogP contribution in [0.4, 0.5) is 15.8 Å². The molecule has 0 heterocycles. The predicted octanol–water partition coefficient (Wildman–Crippen LogP) is 4.62. The topological polar surface area (TPSA) is 66.5 Å². The molecule has 3 aromatic carbocycles. The maximum absolute atomic E-state index is 13.6. The quantitative estimate of drug-likeness (QED) is 0.618. The average molecular weight is 433 g/mol. The molecule has 0 atom stereocenters. The SMILES string of the molecule is Cc1ccc(NC(=O)CN(c2ccc(F)c(Cl)c2)S(=O)(=O)c2ccccc2)cc1. The molecule has 8 heteroatoms. The van der Waals surface area contributed by atoms with E-state index in [4.69, 9.17) is 11.6 Å². The molecule has 0 bridgehead atoms. The van der Waals surface area contributed by atoms with Gasteiger partial charge in [0.15, 0.2) is 0 Å². The van der Waals surface area contributed by atoms with Gasteiger partial charge in [0.05, 0.1) is 15.6 Å². The summed E-state index contributed by atoms with van der Waals surface area (Å²) in [5, 5.41) is 2.43. The van der Waals surface area contributed by atoms with Gasteiger partial charge in [0, 0.05) is 5.69 Å². The van der Waals surface area contributed by atoms with E-state index >= 15 is 0 Å². The molecular weight excluding hydrogens is 415 g/mol. The monoisotopic (exact) mass is 432 g/mol. The number of carbonyl (C=O) groups excluding carboxylic acids is 1. The van der Waals surface area contributed by atoms with Crippen LogP contribution in [0.5, 0.6) is 0 Å². The number of nitrogens with zero attached hydrogens (tertiary/aromatic N) is 1. The molecule has 0 unspecified atom stereocenters. The summed E-state index contributed by atoms with van der Waals surface area (Å²) in [6.07, 6.45) is 0. The molecule has 150 valence electrons. The van der Waals surface area contributed by atoms with Crippen molar-refractivity contribution in [3.05, 3.63) is 89.2 Å². The van der Waals surface area contributed by atoms with Gasteiger partial charge < -0.3 is 5.32 Å². The minimum Gasteiger partial charge on any atom is -0.325 e. The summed E-state index contributed by atoms with van der Waals surface area (Å²) in [5.41, 5.74) is 1.64. The Morgan fingerprint density at radius 3 is 2.31 bits per heavy atom. The molecule has 1 N–H and O–H groups in total. The Morgan fingerprint density at radius 1 is 1.03 bits per heavy atom. The van der Waals surface area contributed by atoms with Crippen molar-refractivity contribution in [2.75, 3.05) is 16.2 Å². The van der Waals surface area contributed by atoms with Gasteiger partial charge in [-0.15, -0.1) is 0 Å². The van der Waals surface area contributed by atoms with Crippen molar-refractivity contribution in [2.24, 2.45) is 0 Å². The summed E-state index contributed by atoms with van der Waals surface area (Å²) in [5.74, 6) is -1.23. The molecule has 1 amide bonds. The van der Waals surface area contributed by atoms with Gasteiger partial charge in [0.2, 0.25) is 5.91 Å². The minimum atomic E-state index is -4.09. The molecule has 5 nitrogen and oxygen atoms in total. The van der Waals surface area contributed by atoms with Crippen LogP contribution in [-0.2, 0) is 14.8 Å². The normalized spacial score (nSPS) is 11.1. The van der Waals surface area contributed by atoms with Gasteiger partial charge in [-0.3, -0.25) is 9.10 Å². The molecule has 0 saturated carbocycles. The molecule has 29 heavy (non-hydrogen) atoms. The van der Waals surface area contributed by atoms with Crippen LogP contribution in [0, 0.1) is 12.7 Å². The van der Waals surface area contributed by atoms with Gasteiger partial charge in [0.1, 0.15) is 12.4 Å². The summed E-state index contributed by atoms with van der Waals surface area (Å²) in [6, 6.07) is 18.3. The van der Waals surface area contributed by atoms with Crippen LogP contribution < -0.4 is 9.62 Å². The zero-order chi connectivity index (χ0) is 21.0. The average Bonchev–Trinajstić information content (AvgIpc) is 2.71. The lowest BCUT2D eigenvalue weighted by Gasteiger charge is -2.24. The van der Waals surface area contributed by atoms with E-state index in [1.165, 1.54) is 24.3 Å². The third-order valence-corrected chi connectivity index (χ3v) is 6.22. The van der Waals surface area contributed by atoms with Crippen molar-refractivity contribution in [1.29, 1.82) is 0 Å². The number of anilines is 2. The van der Waals surface area contributed by atoms with Gasteiger partial charge in [-0.05, 0) is 49.4 Å². The lowest BCUT2D eigenvalue weighted by atomic mass is 10.2. The van der Waals surface area contributed by atoms with E-state index in [1.54, 1.807) is 30.3 Å². The molecule has 0 aromatic heterocycles. The molecule has 3 rings (SSSR count).